The Hall–Kier alpha value is -6.02. The van der Waals surface area contributed by atoms with Crippen LogP contribution in [-0.4, -0.2) is 23.6 Å². The fraction of sp³-hybridized carbons (Fsp3) is 0.0286. The first-order valence-electron chi connectivity index (χ1n) is 13.5. The Morgan fingerprint density at radius 2 is 0.698 bits per heavy atom. The van der Waals surface area contributed by atoms with Crippen LogP contribution >= 0.6 is 0 Å². The number of carbonyl (C=O) groups is 4. The molecule has 0 unspecified atom stereocenters. The average Bonchev–Trinajstić information content (AvgIpc) is 3.06. The number of rotatable bonds is 8. The summed E-state index contributed by atoms with van der Waals surface area (Å²) < 4.78 is 0. The smallest absolute Gasteiger partial charge is 0.255 e. The van der Waals surface area contributed by atoms with E-state index in [-0.39, 0.29) is 23.0 Å². The highest BCUT2D eigenvalue weighted by Crippen LogP contribution is 2.40. The number of nitrogens with one attached hydrogen (secondary N) is 4. The lowest BCUT2D eigenvalue weighted by Gasteiger charge is -2.22. The number of amides is 4. The van der Waals surface area contributed by atoms with Crippen molar-refractivity contribution in [1.29, 1.82) is 0 Å². The molecule has 5 aromatic carbocycles. The largest absolute Gasteiger partial charge is 0.322 e. The minimum Gasteiger partial charge on any atom is -0.322 e. The fourth-order valence-corrected chi connectivity index (χ4v) is 4.41. The van der Waals surface area contributed by atoms with Gasteiger partial charge in [0, 0.05) is 27.9 Å². The van der Waals surface area contributed by atoms with Gasteiger partial charge in [-0.3, -0.25) is 19.2 Å². The second-order valence-corrected chi connectivity index (χ2v) is 9.63. The SMILES string of the molecule is Cc1c(NC(=O)c2ccccc2)cc(NC(=O)c2ccccc2)c(NC(=O)c2ccccc2)c1NC(=O)c1ccccc1. The molecule has 4 N–H and O–H groups in total. The molecule has 8 nitrogen and oxygen atoms in total. The van der Waals surface area contributed by atoms with Crippen molar-refractivity contribution >= 4 is 46.4 Å². The van der Waals surface area contributed by atoms with Crippen LogP contribution in [0.1, 0.15) is 47.0 Å². The molecule has 0 fully saturated rings. The molecule has 0 atom stereocenters. The monoisotopic (exact) mass is 568 g/mol. The molecular formula is C35H28N4O4. The second kappa shape index (κ2) is 13.1. The Bertz CT molecular complexity index is 1780. The van der Waals surface area contributed by atoms with Crippen molar-refractivity contribution in [1.82, 2.24) is 0 Å². The topological polar surface area (TPSA) is 116 Å². The van der Waals surface area contributed by atoms with E-state index in [1.54, 1.807) is 134 Å². The minimum absolute atomic E-state index is 0.164. The maximum absolute atomic E-state index is 13.4. The number of carbonyl (C=O) groups excluding carboxylic acids is 4. The van der Waals surface area contributed by atoms with Gasteiger partial charge >= 0.3 is 0 Å². The molecule has 0 saturated carbocycles. The Morgan fingerprint density at radius 1 is 0.395 bits per heavy atom. The van der Waals surface area contributed by atoms with Gasteiger partial charge in [-0.2, -0.15) is 0 Å². The van der Waals surface area contributed by atoms with E-state index in [4.69, 9.17) is 0 Å². The van der Waals surface area contributed by atoms with E-state index < -0.39 is 17.7 Å². The molecule has 0 aliphatic heterocycles. The lowest BCUT2D eigenvalue weighted by Crippen LogP contribution is -2.22. The zero-order valence-corrected chi connectivity index (χ0v) is 23.3. The van der Waals surface area contributed by atoms with E-state index >= 15 is 0 Å². The first-order valence-corrected chi connectivity index (χ1v) is 13.5. The molecule has 5 aromatic rings. The summed E-state index contributed by atoms with van der Waals surface area (Å²) in [5, 5.41) is 11.5. The first kappa shape index (κ1) is 28.5. The molecule has 212 valence electrons. The third-order valence-electron chi connectivity index (χ3n) is 6.70. The number of hydrogen-bond acceptors (Lipinski definition) is 4. The normalized spacial score (nSPS) is 10.3. The predicted molar refractivity (Wildman–Crippen MR) is 169 cm³/mol. The molecule has 0 radical (unpaired) electrons. The first-order chi connectivity index (χ1) is 20.9. The summed E-state index contributed by atoms with van der Waals surface area (Å²) in [5.41, 5.74) is 2.92. The quantitative estimate of drug-likeness (QED) is 0.161. The highest BCUT2D eigenvalue weighted by molar-refractivity contribution is 6.17. The Morgan fingerprint density at radius 3 is 1.07 bits per heavy atom. The third-order valence-corrected chi connectivity index (χ3v) is 6.70. The highest BCUT2D eigenvalue weighted by atomic mass is 16.2. The molecule has 0 bridgehead atoms. The van der Waals surface area contributed by atoms with Gasteiger partial charge in [0.1, 0.15) is 0 Å². The summed E-state index contributed by atoms with van der Waals surface area (Å²) in [6.45, 7) is 1.71. The molecule has 0 aromatic heterocycles. The number of benzene rings is 5. The van der Waals surface area contributed by atoms with Gasteiger partial charge in [0.25, 0.3) is 23.6 Å². The summed E-state index contributed by atoms with van der Waals surface area (Å²) in [6.07, 6.45) is 0. The summed E-state index contributed by atoms with van der Waals surface area (Å²) in [6, 6.07) is 36.0. The maximum atomic E-state index is 13.4. The predicted octanol–water partition coefficient (Wildman–Crippen LogP) is 7.00. The third kappa shape index (κ3) is 6.83. The van der Waals surface area contributed by atoms with Gasteiger partial charge in [-0.25, -0.2) is 0 Å². The standard InChI is InChI=1S/C35H28N4O4/c1-23-28(36-32(40)24-14-6-2-7-15-24)22-29(37-33(41)25-16-8-3-9-17-25)31(39-35(43)27-20-12-5-13-21-27)30(23)38-34(42)26-18-10-4-11-19-26/h2-22H,1H3,(H,36,40)(H,37,41)(H,38,42)(H,39,43). The zero-order valence-electron chi connectivity index (χ0n) is 23.3. The van der Waals surface area contributed by atoms with Crippen molar-refractivity contribution in [3.05, 3.63) is 155 Å². The van der Waals surface area contributed by atoms with E-state index in [9.17, 15) is 19.2 Å². The average molecular weight is 569 g/mol. The van der Waals surface area contributed by atoms with Crippen LogP contribution in [0.4, 0.5) is 22.7 Å². The van der Waals surface area contributed by atoms with Gasteiger partial charge < -0.3 is 21.3 Å². The lowest BCUT2D eigenvalue weighted by molar-refractivity contribution is 0.101. The summed E-state index contributed by atoms with van der Waals surface area (Å²) in [7, 11) is 0. The molecule has 43 heavy (non-hydrogen) atoms. The van der Waals surface area contributed by atoms with Crippen molar-refractivity contribution in [2.24, 2.45) is 0 Å². The molecule has 0 aliphatic carbocycles. The van der Waals surface area contributed by atoms with E-state index in [0.29, 0.717) is 33.5 Å². The Labute approximate surface area is 248 Å². The summed E-state index contributed by atoms with van der Waals surface area (Å²) in [5.74, 6) is -1.72. The van der Waals surface area contributed by atoms with Gasteiger partial charge in [-0.05, 0) is 67.1 Å². The minimum atomic E-state index is -0.452. The van der Waals surface area contributed by atoms with Crippen molar-refractivity contribution in [3.8, 4) is 0 Å². The van der Waals surface area contributed by atoms with Crippen LogP contribution in [0.25, 0.3) is 0 Å². The van der Waals surface area contributed by atoms with Crippen LogP contribution in [0.5, 0.6) is 0 Å². The van der Waals surface area contributed by atoms with Crippen LogP contribution in [0.3, 0.4) is 0 Å². The number of anilines is 4. The number of hydrogen-bond donors (Lipinski definition) is 4. The van der Waals surface area contributed by atoms with Crippen LogP contribution in [0, 0.1) is 6.92 Å². The van der Waals surface area contributed by atoms with E-state index in [0.717, 1.165) is 0 Å². The van der Waals surface area contributed by atoms with Gasteiger partial charge in [0.15, 0.2) is 0 Å². The van der Waals surface area contributed by atoms with Gasteiger partial charge in [-0.1, -0.05) is 72.8 Å². The molecule has 8 heteroatoms. The Kier molecular flexibility index (Phi) is 8.68. The summed E-state index contributed by atoms with van der Waals surface area (Å²) >= 11 is 0. The van der Waals surface area contributed by atoms with Crippen LogP contribution in [-0.2, 0) is 0 Å². The van der Waals surface area contributed by atoms with Crippen LogP contribution in [0.15, 0.2) is 127 Å². The van der Waals surface area contributed by atoms with Gasteiger partial charge in [0.2, 0.25) is 0 Å². The molecular weight excluding hydrogens is 540 g/mol. The molecule has 0 aliphatic rings. The molecule has 0 spiro atoms. The Balaban J connectivity index is 1.63. The molecule has 0 saturated heterocycles. The van der Waals surface area contributed by atoms with Crippen LogP contribution in [0.2, 0.25) is 0 Å². The van der Waals surface area contributed by atoms with E-state index in [1.807, 2.05) is 0 Å². The van der Waals surface area contributed by atoms with Crippen molar-refractivity contribution in [2.75, 3.05) is 21.3 Å². The molecule has 0 heterocycles. The van der Waals surface area contributed by atoms with Crippen LogP contribution < -0.4 is 21.3 Å². The molecule has 5 rings (SSSR count). The van der Waals surface area contributed by atoms with Crippen molar-refractivity contribution in [2.45, 2.75) is 6.92 Å². The zero-order chi connectivity index (χ0) is 30.2. The highest BCUT2D eigenvalue weighted by Gasteiger charge is 2.23. The molecule has 4 amide bonds. The summed E-state index contributed by atoms with van der Waals surface area (Å²) in [4.78, 5) is 53.3. The lowest BCUT2D eigenvalue weighted by atomic mass is 10.0. The second-order valence-electron chi connectivity index (χ2n) is 9.63. The van der Waals surface area contributed by atoms with Gasteiger partial charge in [0.05, 0.1) is 17.1 Å². The maximum Gasteiger partial charge on any atom is 0.255 e. The fourth-order valence-electron chi connectivity index (χ4n) is 4.41. The van der Waals surface area contributed by atoms with Gasteiger partial charge in [-0.15, -0.1) is 0 Å². The van der Waals surface area contributed by atoms with Crippen molar-refractivity contribution in [3.63, 3.8) is 0 Å². The van der Waals surface area contributed by atoms with E-state index in [1.165, 1.54) is 0 Å². The van der Waals surface area contributed by atoms with E-state index in [2.05, 4.69) is 21.3 Å². The van der Waals surface area contributed by atoms with Crippen molar-refractivity contribution < 1.29 is 19.2 Å².